The van der Waals surface area contributed by atoms with E-state index in [1.54, 1.807) is 6.92 Å². The number of aryl methyl sites for hydroxylation is 1. The van der Waals surface area contributed by atoms with Gasteiger partial charge in [-0.3, -0.25) is 20.0 Å². The molecular weight excluding hydrogens is 272 g/mol. The number of halogens is 1. The summed E-state index contributed by atoms with van der Waals surface area (Å²) < 4.78 is 0. The molecule has 0 spiro atoms. The van der Waals surface area contributed by atoms with Crippen LogP contribution in [0.2, 0.25) is 5.02 Å². The van der Waals surface area contributed by atoms with Crippen LogP contribution in [0.15, 0.2) is 24.4 Å². The molecule has 0 atom stereocenters. The van der Waals surface area contributed by atoms with Crippen molar-refractivity contribution in [1.82, 2.24) is 10.2 Å². The molecule has 2 N–H and O–H groups in total. The number of nitrogens with one attached hydrogen (secondary N) is 2. The van der Waals surface area contributed by atoms with Gasteiger partial charge in [0, 0.05) is 17.8 Å². The quantitative estimate of drug-likeness (QED) is 0.666. The highest BCUT2D eigenvalue weighted by Crippen LogP contribution is 2.27. The summed E-state index contributed by atoms with van der Waals surface area (Å²) in [4.78, 5) is 21.9. The fraction of sp³-hybridized carbons (Fsp3) is 0.0909. The highest BCUT2D eigenvalue weighted by Gasteiger charge is 2.14. The smallest absolute Gasteiger partial charge is 0.271 e. The number of amides is 1. The number of H-pyrrole nitrogens is 1. The third-order valence-corrected chi connectivity index (χ3v) is 2.80. The number of aromatic nitrogens is 2. The van der Waals surface area contributed by atoms with Crippen molar-refractivity contribution in [2.75, 3.05) is 5.32 Å². The Morgan fingerprint density at radius 3 is 2.79 bits per heavy atom. The number of nitro benzene ring substituents is 1. The van der Waals surface area contributed by atoms with Gasteiger partial charge in [-0.05, 0) is 13.0 Å². The molecule has 0 fully saturated rings. The van der Waals surface area contributed by atoms with Crippen molar-refractivity contribution in [3.05, 3.63) is 50.8 Å². The van der Waals surface area contributed by atoms with Crippen LogP contribution in [0.5, 0.6) is 0 Å². The lowest BCUT2D eigenvalue weighted by Gasteiger charge is -2.06. The van der Waals surface area contributed by atoms with Gasteiger partial charge in [-0.15, -0.1) is 0 Å². The van der Waals surface area contributed by atoms with Crippen LogP contribution < -0.4 is 5.32 Å². The number of anilines is 1. The standard InChI is InChI=1S/C11H9ClN4O3/c1-6-8(5-13-15-6)11(17)14-10-3-2-7(16(18)19)4-9(10)12/h2-5H,1H3,(H,13,15)(H,14,17). The lowest BCUT2D eigenvalue weighted by molar-refractivity contribution is -0.384. The van der Waals surface area contributed by atoms with Crippen molar-refractivity contribution in [1.29, 1.82) is 0 Å². The summed E-state index contributed by atoms with van der Waals surface area (Å²) in [5, 5.41) is 19.6. The number of rotatable bonds is 3. The van der Waals surface area contributed by atoms with Crippen molar-refractivity contribution in [3.8, 4) is 0 Å². The highest BCUT2D eigenvalue weighted by atomic mass is 35.5. The first-order valence-corrected chi connectivity index (χ1v) is 5.62. The lowest BCUT2D eigenvalue weighted by atomic mass is 10.2. The second-order valence-corrected chi connectivity index (χ2v) is 4.19. The van der Waals surface area contributed by atoms with Crippen LogP contribution in [0, 0.1) is 17.0 Å². The molecule has 0 aliphatic carbocycles. The molecule has 0 unspecified atom stereocenters. The molecule has 8 heteroatoms. The molecule has 7 nitrogen and oxygen atoms in total. The average Bonchev–Trinajstić information content (AvgIpc) is 2.77. The molecule has 98 valence electrons. The van der Waals surface area contributed by atoms with Gasteiger partial charge in [-0.1, -0.05) is 11.6 Å². The molecule has 1 amide bonds. The van der Waals surface area contributed by atoms with E-state index in [4.69, 9.17) is 11.6 Å². The Balaban J connectivity index is 2.23. The van der Waals surface area contributed by atoms with Gasteiger partial charge in [-0.25, -0.2) is 0 Å². The van der Waals surface area contributed by atoms with E-state index in [9.17, 15) is 14.9 Å². The molecule has 0 radical (unpaired) electrons. The fourth-order valence-corrected chi connectivity index (χ4v) is 1.71. The van der Waals surface area contributed by atoms with Gasteiger partial charge in [0.05, 0.1) is 27.4 Å². The normalized spacial score (nSPS) is 10.2. The third-order valence-electron chi connectivity index (χ3n) is 2.49. The predicted octanol–water partition coefficient (Wildman–Crippen LogP) is 2.53. The maximum Gasteiger partial charge on any atom is 0.271 e. The van der Waals surface area contributed by atoms with Crippen LogP contribution in [0.1, 0.15) is 16.1 Å². The summed E-state index contributed by atoms with van der Waals surface area (Å²) in [5.74, 6) is -0.387. The molecule has 1 aromatic carbocycles. The van der Waals surface area contributed by atoms with Crippen LogP contribution >= 0.6 is 11.6 Å². The van der Waals surface area contributed by atoms with E-state index in [-0.39, 0.29) is 16.6 Å². The monoisotopic (exact) mass is 280 g/mol. The van der Waals surface area contributed by atoms with Crippen molar-refractivity contribution >= 4 is 28.9 Å². The number of nitrogens with zero attached hydrogens (tertiary/aromatic N) is 2. The largest absolute Gasteiger partial charge is 0.321 e. The van der Waals surface area contributed by atoms with Gasteiger partial charge in [0.1, 0.15) is 0 Å². The predicted molar refractivity (Wildman–Crippen MR) is 69.4 cm³/mol. The highest BCUT2D eigenvalue weighted by molar-refractivity contribution is 6.34. The van der Waals surface area contributed by atoms with E-state index in [0.29, 0.717) is 16.9 Å². The van der Waals surface area contributed by atoms with Gasteiger partial charge < -0.3 is 5.32 Å². The fourth-order valence-electron chi connectivity index (χ4n) is 1.49. The molecule has 2 aromatic rings. The molecule has 0 aliphatic heterocycles. The Hall–Kier alpha value is -2.41. The van der Waals surface area contributed by atoms with Crippen LogP contribution in [-0.4, -0.2) is 21.0 Å². The first-order chi connectivity index (χ1) is 8.99. The second-order valence-electron chi connectivity index (χ2n) is 3.78. The van der Waals surface area contributed by atoms with Crippen molar-refractivity contribution in [2.24, 2.45) is 0 Å². The van der Waals surface area contributed by atoms with Gasteiger partial charge in [0.25, 0.3) is 11.6 Å². The van der Waals surface area contributed by atoms with E-state index in [2.05, 4.69) is 15.5 Å². The Bertz CT molecular complexity index is 653. The Labute approximate surface area is 112 Å². The first kappa shape index (κ1) is 13.0. The van der Waals surface area contributed by atoms with Crippen LogP contribution in [0.3, 0.4) is 0 Å². The minimum atomic E-state index is -0.558. The number of carbonyl (C=O) groups excluding carboxylic acids is 1. The third kappa shape index (κ3) is 2.71. The van der Waals surface area contributed by atoms with Crippen LogP contribution in [0.25, 0.3) is 0 Å². The number of non-ortho nitro benzene ring substituents is 1. The number of hydrogen-bond donors (Lipinski definition) is 2. The summed E-state index contributed by atoms with van der Waals surface area (Å²) >= 11 is 5.88. The van der Waals surface area contributed by atoms with E-state index >= 15 is 0 Å². The van der Waals surface area contributed by atoms with E-state index in [1.165, 1.54) is 24.4 Å². The molecule has 0 saturated carbocycles. The molecular formula is C11H9ClN4O3. The molecule has 1 heterocycles. The maximum absolute atomic E-state index is 11.9. The SMILES string of the molecule is Cc1[nH]ncc1C(=O)Nc1ccc([N+](=O)[O-])cc1Cl. The van der Waals surface area contributed by atoms with E-state index < -0.39 is 4.92 Å². The number of aromatic amines is 1. The maximum atomic E-state index is 11.9. The van der Waals surface area contributed by atoms with Gasteiger partial charge in [0.2, 0.25) is 0 Å². The average molecular weight is 281 g/mol. The Morgan fingerprint density at radius 2 is 2.26 bits per heavy atom. The van der Waals surface area contributed by atoms with Crippen LogP contribution in [0.4, 0.5) is 11.4 Å². The van der Waals surface area contributed by atoms with Gasteiger partial charge >= 0.3 is 0 Å². The molecule has 19 heavy (non-hydrogen) atoms. The molecule has 0 aliphatic rings. The Kier molecular flexibility index (Phi) is 3.48. The number of benzene rings is 1. The summed E-state index contributed by atoms with van der Waals surface area (Å²) in [6, 6.07) is 3.83. The van der Waals surface area contributed by atoms with Crippen molar-refractivity contribution in [2.45, 2.75) is 6.92 Å². The summed E-state index contributed by atoms with van der Waals surface area (Å²) in [6.45, 7) is 1.71. The summed E-state index contributed by atoms with van der Waals surface area (Å²) in [7, 11) is 0. The molecule has 1 aromatic heterocycles. The zero-order valence-electron chi connectivity index (χ0n) is 9.81. The summed E-state index contributed by atoms with van der Waals surface area (Å²) in [6.07, 6.45) is 1.39. The van der Waals surface area contributed by atoms with Crippen molar-refractivity contribution < 1.29 is 9.72 Å². The van der Waals surface area contributed by atoms with Gasteiger partial charge in [-0.2, -0.15) is 5.10 Å². The van der Waals surface area contributed by atoms with Gasteiger partial charge in [0.15, 0.2) is 0 Å². The lowest BCUT2D eigenvalue weighted by Crippen LogP contribution is -2.12. The van der Waals surface area contributed by atoms with E-state index in [0.717, 1.165) is 0 Å². The topological polar surface area (TPSA) is 101 Å². The summed E-state index contributed by atoms with van der Waals surface area (Å²) in [5.41, 5.74) is 1.17. The number of nitro groups is 1. The Morgan fingerprint density at radius 1 is 1.53 bits per heavy atom. The zero-order chi connectivity index (χ0) is 14.0. The zero-order valence-corrected chi connectivity index (χ0v) is 10.6. The first-order valence-electron chi connectivity index (χ1n) is 5.24. The minimum absolute atomic E-state index is 0.101. The second kappa shape index (κ2) is 5.07. The van der Waals surface area contributed by atoms with E-state index in [1.807, 2.05) is 0 Å². The molecule has 0 saturated heterocycles. The number of carbonyl (C=O) groups is 1. The molecule has 0 bridgehead atoms. The van der Waals surface area contributed by atoms with Crippen LogP contribution in [-0.2, 0) is 0 Å². The number of hydrogen-bond acceptors (Lipinski definition) is 4. The molecule has 2 rings (SSSR count). The van der Waals surface area contributed by atoms with Crippen molar-refractivity contribution in [3.63, 3.8) is 0 Å². The minimum Gasteiger partial charge on any atom is -0.321 e.